The number of rotatable bonds is 4. The van der Waals surface area contributed by atoms with Gasteiger partial charge >= 0.3 is 0 Å². The highest BCUT2D eigenvalue weighted by molar-refractivity contribution is 4.63. The van der Waals surface area contributed by atoms with Crippen LogP contribution in [0.15, 0.2) is 0 Å². The molecule has 0 aromatic rings. The molecule has 0 aromatic carbocycles. The summed E-state index contributed by atoms with van der Waals surface area (Å²) < 4.78 is 5.09. The van der Waals surface area contributed by atoms with Crippen LogP contribution in [0.4, 0.5) is 0 Å². The highest BCUT2D eigenvalue weighted by Crippen LogP contribution is 2.20. The Morgan fingerprint density at radius 1 is 1.36 bits per heavy atom. The molecule has 0 spiro atoms. The Labute approximate surface area is 69.6 Å². The fraction of sp³-hybridized carbons (Fsp3) is 1.00. The number of unbranched alkanes of at least 4 members (excludes halogenated alkanes) is 1. The van der Waals surface area contributed by atoms with Crippen molar-refractivity contribution in [3.05, 3.63) is 0 Å². The fourth-order valence-electron chi connectivity index (χ4n) is 0.585. The molecule has 0 bridgehead atoms. The van der Waals surface area contributed by atoms with E-state index in [-0.39, 0.29) is 5.41 Å². The molecular weight excluding hydrogens is 140 g/mol. The van der Waals surface area contributed by atoms with E-state index in [1.54, 1.807) is 0 Å². The largest absolute Gasteiger partial charge is 0.349 e. The van der Waals surface area contributed by atoms with E-state index >= 15 is 0 Å². The van der Waals surface area contributed by atoms with Gasteiger partial charge in [0.25, 0.3) is 0 Å². The van der Waals surface area contributed by atoms with Crippen molar-refractivity contribution in [1.82, 2.24) is 0 Å². The molecule has 0 rings (SSSR count). The Kier molecular flexibility index (Phi) is 4.69. The lowest BCUT2D eigenvalue weighted by Gasteiger charge is -2.23. The van der Waals surface area contributed by atoms with Gasteiger partial charge in [0.15, 0.2) is 6.29 Å². The summed E-state index contributed by atoms with van der Waals surface area (Å²) in [6.45, 7) is 8.38. The van der Waals surface area contributed by atoms with Crippen molar-refractivity contribution in [2.45, 2.75) is 46.8 Å². The number of hydrogen-bond donors (Lipinski definition) is 0. The average Bonchev–Trinajstić information content (AvgIpc) is 1.86. The van der Waals surface area contributed by atoms with Gasteiger partial charge in [-0.25, -0.2) is 5.11 Å². The highest BCUT2D eigenvalue weighted by Gasteiger charge is 2.23. The zero-order chi connectivity index (χ0) is 8.91. The van der Waals surface area contributed by atoms with Crippen LogP contribution < -0.4 is 0 Å². The van der Waals surface area contributed by atoms with Crippen molar-refractivity contribution in [1.29, 1.82) is 0 Å². The number of hydrogen-bond acceptors (Lipinski definition) is 1. The molecule has 11 heavy (non-hydrogen) atoms. The Morgan fingerprint density at radius 3 is 2.27 bits per heavy atom. The zero-order valence-electron chi connectivity index (χ0n) is 8.02. The van der Waals surface area contributed by atoms with Crippen molar-refractivity contribution in [2.24, 2.45) is 5.41 Å². The van der Waals surface area contributed by atoms with Gasteiger partial charge in [0, 0.05) is 12.0 Å². The minimum absolute atomic E-state index is 0.270. The second-order valence-corrected chi connectivity index (χ2v) is 3.92. The summed E-state index contributed by atoms with van der Waals surface area (Å²) in [7, 11) is 0. The predicted molar refractivity (Wildman–Crippen MR) is 44.8 cm³/mol. The van der Waals surface area contributed by atoms with Gasteiger partial charge in [-0.1, -0.05) is 34.1 Å². The second kappa shape index (κ2) is 4.73. The lowest BCUT2D eigenvalue weighted by molar-refractivity contribution is -0.195. The van der Waals surface area contributed by atoms with Crippen molar-refractivity contribution < 1.29 is 9.84 Å². The second-order valence-electron chi connectivity index (χ2n) is 3.92. The van der Waals surface area contributed by atoms with Crippen LogP contribution in [0.3, 0.4) is 0 Å². The van der Waals surface area contributed by atoms with Crippen LogP contribution in [0.2, 0.25) is 0 Å². The van der Waals surface area contributed by atoms with Crippen molar-refractivity contribution in [2.75, 3.05) is 6.61 Å². The first-order valence-corrected chi connectivity index (χ1v) is 4.26. The van der Waals surface area contributed by atoms with E-state index in [0.29, 0.717) is 6.61 Å². The van der Waals surface area contributed by atoms with Gasteiger partial charge in [-0.05, 0) is 6.42 Å². The molecule has 1 radical (unpaired) electrons. The van der Waals surface area contributed by atoms with Crippen LogP contribution in [0.1, 0.15) is 40.5 Å². The lowest BCUT2D eigenvalue weighted by Crippen LogP contribution is -2.27. The molecule has 0 aromatic heterocycles. The van der Waals surface area contributed by atoms with Gasteiger partial charge in [0.2, 0.25) is 0 Å². The Bertz CT molecular complexity index is 94.2. The summed E-state index contributed by atoms with van der Waals surface area (Å²) in [6.07, 6.45) is 1.18. The molecule has 2 nitrogen and oxygen atoms in total. The van der Waals surface area contributed by atoms with Crippen LogP contribution in [0.25, 0.3) is 0 Å². The summed E-state index contributed by atoms with van der Waals surface area (Å²) in [6, 6.07) is 0. The summed E-state index contributed by atoms with van der Waals surface area (Å²) in [5.41, 5.74) is -0.270. The lowest BCUT2D eigenvalue weighted by atomic mass is 9.96. The predicted octanol–water partition coefficient (Wildman–Crippen LogP) is 2.61. The molecule has 0 N–H and O–H groups in total. The first kappa shape index (κ1) is 10.9. The zero-order valence-corrected chi connectivity index (χ0v) is 8.02. The first-order chi connectivity index (χ1) is 4.98. The molecule has 0 heterocycles. The smallest absolute Gasteiger partial charge is 0.196 e. The van der Waals surface area contributed by atoms with Crippen molar-refractivity contribution >= 4 is 0 Å². The molecule has 0 aliphatic rings. The van der Waals surface area contributed by atoms with Crippen LogP contribution in [-0.4, -0.2) is 12.9 Å². The molecule has 0 aliphatic heterocycles. The van der Waals surface area contributed by atoms with Crippen LogP contribution in [-0.2, 0) is 9.84 Å². The minimum Gasteiger partial charge on any atom is -0.349 e. The molecule has 0 saturated heterocycles. The van der Waals surface area contributed by atoms with E-state index in [9.17, 15) is 5.11 Å². The SMILES string of the molecule is CCCCOC([O])C(C)(C)C. The van der Waals surface area contributed by atoms with Gasteiger partial charge in [-0.2, -0.15) is 0 Å². The van der Waals surface area contributed by atoms with E-state index in [2.05, 4.69) is 6.92 Å². The van der Waals surface area contributed by atoms with E-state index in [4.69, 9.17) is 4.74 Å². The maximum Gasteiger partial charge on any atom is 0.196 e. The Morgan fingerprint density at radius 2 is 1.91 bits per heavy atom. The number of ether oxygens (including phenoxy) is 1. The minimum atomic E-state index is -0.881. The molecule has 0 fully saturated rings. The van der Waals surface area contributed by atoms with Crippen molar-refractivity contribution in [3.63, 3.8) is 0 Å². The highest BCUT2D eigenvalue weighted by atomic mass is 16.6. The molecule has 1 unspecified atom stereocenters. The summed E-state index contributed by atoms with van der Waals surface area (Å²) >= 11 is 0. The molecule has 1 atom stereocenters. The van der Waals surface area contributed by atoms with Crippen LogP contribution in [0, 0.1) is 5.41 Å². The van der Waals surface area contributed by atoms with E-state index < -0.39 is 6.29 Å². The van der Waals surface area contributed by atoms with Gasteiger partial charge in [-0.3, -0.25) is 0 Å². The average molecular weight is 159 g/mol. The third kappa shape index (κ3) is 5.22. The quantitative estimate of drug-likeness (QED) is 0.458. The maximum atomic E-state index is 11.2. The standard InChI is InChI=1S/C9H19O2/c1-5-6-7-11-8(10)9(2,3)4/h8H,5-7H2,1-4H3. The summed E-state index contributed by atoms with van der Waals surface area (Å²) in [5.74, 6) is 0. The molecule has 2 heteroatoms. The molecule has 0 saturated carbocycles. The summed E-state index contributed by atoms with van der Waals surface area (Å²) in [4.78, 5) is 0. The normalized spacial score (nSPS) is 15.0. The molecule has 0 aliphatic carbocycles. The van der Waals surface area contributed by atoms with Gasteiger partial charge in [-0.15, -0.1) is 0 Å². The van der Waals surface area contributed by atoms with Crippen molar-refractivity contribution in [3.8, 4) is 0 Å². The van der Waals surface area contributed by atoms with E-state index in [1.807, 2.05) is 20.8 Å². The van der Waals surface area contributed by atoms with E-state index in [1.165, 1.54) is 0 Å². The molecular formula is C9H19O2. The Balaban J connectivity index is 3.44. The third-order valence-electron chi connectivity index (χ3n) is 1.47. The maximum absolute atomic E-state index is 11.2. The topological polar surface area (TPSA) is 29.1 Å². The monoisotopic (exact) mass is 159 g/mol. The van der Waals surface area contributed by atoms with Crippen LogP contribution >= 0.6 is 0 Å². The Hall–Kier alpha value is -0.0800. The molecule has 0 amide bonds. The fourth-order valence-corrected chi connectivity index (χ4v) is 0.585. The van der Waals surface area contributed by atoms with Gasteiger partial charge in [0.05, 0.1) is 0 Å². The third-order valence-corrected chi connectivity index (χ3v) is 1.47. The molecule has 67 valence electrons. The van der Waals surface area contributed by atoms with Crippen LogP contribution in [0.5, 0.6) is 0 Å². The van der Waals surface area contributed by atoms with E-state index in [0.717, 1.165) is 12.8 Å². The van der Waals surface area contributed by atoms with Gasteiger partial charge in [0.1, 0.15) is 0 Å². The summed E-state index contributed by atoms with van der Waals surface area (Å²) in [5, 5.41) is 11.2. The van der Waals surface area contributed by atoms with Gasteiger partial charge < -0.3 is 4.74 Å². The first-order valence-electron chi connectivity index (χ1n) is 4.26.